The van der Waals surface area contributed by atoms with E-state index < -0.39 is 0 Å². The van der Waals surface area contributed by atoms with E-state index in [1.165, 1.54) is 17.1 Å². The molecule has 2 aromatic carbocycles. The molecule has 1 aliphatic rings. The first kappa shape index (κ1) is 16.7. The molecule has 1 aliphatic heterocycles. The van der Waals surface area contributed by atoms with Gasteiger partial charge in [-0.15, -0.1) is 23.5 Å². The van der Waals surface area contributed by atoms with Crippen molar-refractivity contribution >= 4 is 41.0 Å². The fourth-order valence-electron chi connectivity index (χ4n) is 2.46. The highest BCUT2D eigenvalue weighted by atomic mass is 35.5. The summed E-state index contributed by atoms with van der Waals surface area (Å²) < 4.78 is 0.514. The number of thioether (sulfide) groups is 2. The zero-order valence-electron chi connectivity index (χ0n) is 12.8. The third kappa shape index (κ3) is 4.25. The molecular formula is C18H18ClNOS2. The molecular weight excluding hydrogens is 346 g/mol. The minimum absolute atomic E-state index is 0.0503. The van der Waals surface area contributed by atoms with Gasteiger partial charge in [-0.25, -0.2) is 0 Å². The van der Waals surface area contributed by atoms with Crippen LogP contribution in [0, 0.1) is 0 Å². The predicted molar refractivity (Wildman–Crippen MR) is 101 cm³/mol. The molecule has 0 spiro atoms. The molecule has 1 saturated heterocycles. The van der Waals surface area contributed by atoms with E-state index >= 15 is 0 Å². The van der Waals surface area contributed by atoms with Crippen molar-refractivity contribution in [3.8, 4) is 0 Å². The van der Waals surface area contributed by atoms with Crippen molar-refractivity contribution in [1.29, 1.82) is 0 Å². The largest absolute Gasteiger partial charge is 0.346 e. The molecule has 1 atom stereocenters. The van der Waals surface area contributed by atoms with Crippen molar-refractivity contribution in [3.05, 3.63) is 70.2 Å². The van der Waals surface area contributed by atoms with Crippen LogP contribution in [0.2, 0.25) is 5.02 Å². The van der Waals surface area contributed by atoms with Gasteiger partial charge in [0.15, 0.2) is 0 Å². The Morgan fingerprint density at radius 1 is 1.09 bits per heavy atom. The average molecular weight is 364 g/mol. The third-order valence-electron chi connectivity index (χ3n) is 3.78. The normalized spacial score (nSPS) is 16.3. The van der Waals surface area contributed by atoms with E-state index in [2.05, 4.69) is 17.4 Å². The molecule has 1 fully saturated rings. The SMILES string of the molecule is C[C@H](NC(=O)c1ccc(C2SCCS2)cc1)c1ccc(Cl)cc1. The van der Waals surface area contributed by atoms with Crippen LogP contribution in [-0.4, -0.2) is 17.4 Å². The first-order valence-corrected chi connectivity index (χ1v) is 10.0. The number of nitrogens with one attached hydrogen (secondary N) is 1. The highest BCUT2D eigenvalue weighted by Crippen LogP contribution is 2.45. The zero-order chi connectivity index (χ0) is 16.2. The summed E-state index contributed by atoms with van der Waals surface area (Å²) in [6, 6.07) is 15.5. The van der Waals surface area contributed by atoms with Gasteiger partial charge in [-0.3, -0.25) is 4.79 Å². The van der Waals surface area contributed by atoms with Crippen LogP contribution in [0.25, 0.3) is 0 Å². The number of hydrogen-bond donors (Lipinski definition) is 1. The second-order valence-electron chi connectivity index (χ2n) is 5.44. The van der Waals surface area contributed by atoms with Gasteiger partial charge in [-0.2, -0.15) is 0 Å². The Bertz CT molecular complexity index is 666. The molecule has 0 radical (unpaired) electrons. The summed E-state index contributed by atoms with van der Waals surface area (Å²) in [5.74, 6) is 2.36. The number of rotatable bonds is 4. The number of hydrogen-bond acceptors (Lipinski definition) is 3. The number of carbonyl (C=O) groups is 1. The van der Waals surface area contributed by atoms with Crippen LogP contribution in [0.1, 0.15) is 39.0 Å². The lowest BCUT2D eigenvalue weighted by Gasteiger charge is -2.15. The summed E-state index contributed by atoms with van der Waals surface area (Å²) in [7, 11) is 0. The van der Waals surface area contributed by atoms with Crippen LogP contribution in [0.3, 0.4) is 0 Å². The quantitative estimate of drug-likeness (QED) is 0.798. The van der Waals surface area contributed by atoms with Crippen LogP contribution >= 0.6 is 35.1 Å². The fraction of sp³-hybridized carbons (Fsp3) is 0.278. The van der Waals surface area contributed by atoms with Crippen LogP contribution in [0.5, 0.6) is 0 Å². The van der Waals surface area contributed by atoms with Crippen molar-refractivity contribution in [1.82, 2.24) is 5.32 Å². The van der Waals surface area contributed by atoms with Gasteiger partial charge in [0, 0.05) is 22.1 Å². The van der Waals surface area contributed by atoms with E-state index in [0.717, 1.165) is 5.56 Å². The van der Waals surface area contributed by atoms with Crippen LogP contribution in [0.4, 0.5) is 0 Å². The second kappa shape index (κ2) is 7.65. The maximum absolute atomic E-state index is 12.4. The van der Waals surface area contributed by atoms with Crippen molar-refractivity contribution in [2.24, 2.45) is 0 Å². The van der Waals surface area contributed by atoms with Crippen LogP contribution < -0.4 is 5.32 Å². The van der Waals surface area contributed by atoms with Gasteiger partial charge in [0.2, 0.25) is 0 Å². The Kier molecular flexibility index (Phi) is 5.57. The minimum atomic E-state index is -0.0552. The molecule has 120 valence electrons. The van der Waals surface area contributed by atoms with E-state index in [0.29, 0.717) is 15.2 Å². The van der Waals surface area contributed by atoms with Crippen molar-refractivity contribution in [3.63, 3.8) is 0 Å². The lowest BCUT2D eigenvalue weighted by Crippen LogP contribution is -2.26. The highest BCUT2D eigenvalue weighted by molar-refractivity contribution is 8.19. The maximum atomic E-state index is 12.4. The summed E-state index contributed by atoms with van der Waals surface area (Å²) in [5, 5.41) is 3.73. The number of halogens is 1. The van der Waals surface area contributed by atoms with Crippen molar-refractivity contribution in [2.45, 2.75) is 17.5 Å². The molecule has 0 aliphatic carbocycles. The molecule has 1 N–H and O–H groups in total. The third-order valence-corrected chi connectivity index (χ3v) is 7.14. The number of carbonyl (C=O) groups excluding carboxylic acids is 1. The molecule has 5 heteroatoms. The lowest BCUT2D eigenvalue weighted by atomic mass is 10.1. The molecule has 2 nitrogen and oxygen atoms in total. The molecule has 0 bridgehead atoms. The van der Waals surface area contributed by atoms with Gasteiger partial charge in [0.25, 0.3) is 5.91 Å². The average Bonchev–Trinajstić information content (AvgIpc) is 3.10. The van der Waals surface area contributed by atoms with E-state index in [1.807, 2.05) is 66.8 Å². The Morgan fingerprint density at radius 3 is 2.30 bits per heavy atom. The van der Waals surface area contributed by atoms with E-state index in [4.69, 9.17) is 11.6 Å². The maximum Gasteiger partial charge on any atom is 0.251 e. The van der Waals surface area contributed by atoms with Gasteiger partial charge < -0.3 is 5.32 Å². The monoisotopic (exact) mass is 363 g/mol. The lowest BCUT2D eigenvalue weighted by molar-refractivity contribution is 0.0940. The van der Waals surface area contributed by atoms with Crippen LogP contribution in [0.15, 0.2) is 48.5 Å². The first-order valence-electron chi connectivity index (χ1n) is 7.53. The van der Waals surface area contributed by atoms with Crippen molar-refractivity contribution in [2.75, 3.05) is 11.5 Å². The van der Waals surface area contributed by atoms with E-state index in [1.54, 1.807) is 0 Å². The van der Waals surface area contributed by atoms with Gasteiger partial charge in [0.05, 0.1) is 10.6 Å². The molecule has 3 rings (SSSR count). The number of benzene rings is 2. The van der Waals surface area contributed by atoms with Gasteiger partial charge >= 0.3 is 0 Å². The molecule has 1 amide bonds. The van der Waals surface area contributed by atoms with Gasteiger partial charge in [-0.1, -0.05) is 35.9 Å². The summed E-state index contributed by atoms with van der Waals surface area (Å²) >= 11 is 9.84. The van der Waals surface area contributed by atoms with E-state index in [-0.39, 0.29) is 11.9 Å². The fourth-order valence-corrected chi connectivity index (χ4v) is 5.44. The van der Waals surface area contributed by atoms with Crippen LogP contribution in [-0.2, 0) is 0 Å². The highest BCUT2D eigenvalue weighted by Gasteiger charge is 2.18. The van der Waals surface area contributed by atoms with Gasteiger partial charge in [-0.05, 0) is 42.3 Å². The Morgan fingerprint density at radius 2 is 1.70 bits per heavy atom. The molecule has 23 heavy (non-hydrogen) atoms. The smallest absolute Gasteiger partial charge is 0.251 e. The zero-order valence-corrected chi connectivity index (χ0v) is 15.2. The standard InChI is InChI=1S/C18H18ClNOS2/c1-12(13-6-8-16(19)9-7-13)20-17(21)14-2-4-15(5-3-14)18-22-10-11-23-18/h2-9,12,18H,10-11H2,1H3,(H,20,21)/t12-/m0/s1. The second-order valence-corrected chi connectivity index (χ2v) is 8.60. The molecule has 0 saturated carbocycles. The summed E-state index contributed by atoms with van der Waals surface area (Å²) in [6.45, 7) is 1.97. The Labute approximate surface area is 150 Å². The first-order chi connectivity index (χ1) is 11.1. The minimum Gasteiger partial charge on any atom is -0.346 e. The molecule has 2 aromatic rings. The van der Waals surface area contributed by atoms with Crippen molar-refractivity contribution < 1.29 is 4.79 Å². The Balaban J connectivity index is 1.64. The Hall–Kier alpha value is -1.10. The molecule has 0 unspecified atom stereocenters. The predicted octanol–water partition coefficient (Wildman–Crippen LogP) is 5.31. The number of amides is 1. The summed E-state index contributed by atoms with van der Waals surface area (Å²) in [5.41, 5.74) is 3.03. The summed E-state index contributed by atoms with van der Waals surface area (Å²) in [6.07, 6.45) is 0. The molecule has 0 aromatic heterocycles. The topological polar surface area (TPSA) is 29.1 Å². The van der Waals surface area contributed by atoms with E-state index in [9.17, 15) is 4.79 Å². The van der Waals surface area contributed by atoms with Gasteiger partial charge in [0.1, 0.15) is 0 Å². The summed E-state index contributed by atoms with van der Waals surface area (Å²) in [4.78, 5) is 12.4. The molecule has 1 heterocycles.